The van der Waals surface area contributed by atoms with Gasteiger partial charge in [-0.3, -0.25) is 4.79 Å². The van der Waals surface area contributed by atoms with Gasteiger partial charge >= 0.3 is 0 Å². The maximum Gasteiger partial charge on any atom is 0.157 e. The van der Waals surface area contributed by atoms with Gasteiger partial charge in [-0.15, -0.1) is 0 Å². The molecular formula is C28H26O. The smallest absolute Gasteiger partial charge is 0.157 e. The highest BCUT2D eigenvalue weighted by Gasteiger charge is 2.13. The monoisotopic (exact) mass is 378 g/mol. The van der Waals surface area contributed by atoms with Gasteiger partial charge in [0.2, 0.25) is 0 Å². The molecule has 0 N–H and O–H groups in total. The van der Waals surface area contributed by atoms with Crippen molar-refractivity contribution in [2.45, 2.75) is 32.1 Å². The second kappa shape index (κ2) is 8.64. The standard InChI is InChI=1S/C28H22O.2H2/c1-21(18-22-8-3-2-4-9-22)25-12-7-10-23(19-25)14-15-26-20-27(29)17-16-24-11-5-6-13-28(24)26;;/h2-3,5-8,10-13,19-21H,16-18H2,1H3;2*1H. The molecule has 1 aliphatic rings. The molecule has 144 valence electrons. The lowest BCUT2D eigenvalue weighted by molar-refractivity contribution is -0.114. The van der Waals surface area contributed by atoms with Crippen molar-refractivity contribution >= 4 is 11.4 Å². The molecule has 0 saturated carbocycles. The van der Waals surface area contributed by atoms with E-state index in [-0.39, 0.29) is 8.64 Å². The summed E-state index contributed by atoms with van der Waals surface area (Å²) in [6, 6.07) is 28.7. The fourth-order valence-electron chi connectivity index (χ4n) is 3.69. The van der Waals surface area contributed by atoms with Crippen molar-refractivity contribution in [2.24, 2.45) is 0 Å². The van der Waals surface area contributed by atoms with E-state index in [1.807, 2.05) is 30.3 Å². The predicted octanol–water partition coefficient (Wildman–Crippen LogP) is 6.08. The minimum atomic E-state index is 0. The van der Waals surface area contributed by atoms with Crippen molar-refractivity contribution in [3.05, 3.63) is 113 Å². The molecule has 0 aliphatic heterocycles. The molecule has 0 fully saturated rings. The summed E-state index contributed by atoms with van der Waals surface area (Å²) in [6.45, 7) is 2.22. The number of carbonyl (C=O) groups excluding carboxylic acids is 1. The Labute approximate surface area is 176 Å². The number of ketones is 1. The fourth-order valence-corrected chi connectivity index (χ4v) is 3.69. The molecule has 0 heterocycles. The maximum atomic E-state index is 12.1. The Morgan fingerprint density at radius 2 is 1.93 bits per heavy atom. The predicted molar refractivity (Wildman–Crippen MR) is 122 cm³/mol. The third kappa shape index (κ3) is 4.66. The minimum Gasteiger partial charge on any atom is -0.295 e. The summed E-state index contributed by atoms with van der Waals surface area (Å²) in [5.41, 5.74) is 6.46. The Morgan fingerprint density at radius 1 is 1.03 bits per heavy atom. The van der Waals surface area contributed by atoms with Gasteiger partial charge < -0.3 is 0 Å². The van der Waals surface area contributed by atoms with Crippen molar-refractivity contribution in [2.75, 3.05) is 0 Å². The number of rotatable bonds is 3. The normalized spacial score (nSPS) is 13.8. The molecule has 1 atom stereocenters. The van der Waals surface area contributed by atoms with Crippen LogP contribution in [0.1, 0.15) is 49.9 Å². The lowest BCUT2D eigenvalue weighted by atomic mass is 9.93. The quantitative estimate of drug-likeness (QED) is 0.505. The van der Waals surface area contributed by atoms with Crippen LogP contribution < -0.4 is 0 Å². The van der Waals surface area contributed by atoms with Crippen LogP contribution in [0.25, 0.3) is 5.57 Å². The van der Waals surface area contributed by atoms with E-state index in [4.69, 9.17) is 0 Å². The molecule has 0 radical (unpaired) electrons. The van der Waals surface area contributed by atoms with Crippen LogP contribution in [0.5, 0.6) is 0 Å². The number of fused-ring (bicyclic) bond motifs is 1. The number of benzene rings is 2. The Morgan fingerprint density at radius 3 is 2.79 bits per heavy atom. The summed E-state index contributed by atoms with van der Waals surface area (Å²) in [7, 11) is 0. The van der Waals surface area contributed by atoms with E-state index in [9.17, 15) is 4.79 Å². The van der Waals surface area contributed by atoms with E-state index >= 15 is 0 Å². The Bertz CT molecular complexity index is 1120. The highest BCUT2D eigenvalue weighted by molar-refractivity contribution is 6.02. The molecule has 1 heteroatoms. The summed E-state index contributed by atoms with van der Waals surface area (Å²) in [6.07, 6.45) is 3.94. The van der Waals surface area contributed by atoms with E-state index < -0.39 is 0 Å². The molecule has 4 rings (SSSR count). The molecule has 0 spiro atoms. The first-order chi connectivity index (χ1) is 14.2. The van der Waals surface area contributed by atoms with Crippen molar-refractivity contribution in [3.8, 4) is 11.8 Å². The molecule has 1 nitrogen and oxygen atoms in total. The average Bonchev–Trinajstić information content (AvgIpc) is 2.92. The van der Waals surface area contributed by atoms with E-state index in [0.29, 0.717) is 12.3 Å². The number of carbonyl (C=O) groups is 1. The summed E-state index contributed by atoms with van der Waals surface area (Å²) < 4.78 is 0. The van der Waals surface area contributed by atoms with Crippen LogP contribution in [0, 0.1) is 24.0 Å². The van der Waals surface area contributed by atoms with Crippen molar-refractivity contribution in [1.82, 2.24) is 0 Å². The van der Waals surface area contributed by atoms with Crippen LogP contribution in [0.2, 0.25) is 0 Å². The molecule has 1 aliphatic carbocycles. The van der Waals surface area contributed by atoms with Gasteiger partial charge in [0.25, 0.3) is 0 Å². The van der Waals surface area contributed by atoms with Gasteiger partial charge in [0, 0.05) is 26.0 Å². The van der Waals surface area contributed by atoms with Crippen LogP contribution in [-0.4, -0.2) is 5.78 Å². The van der Waals surface area contributed by atoms with Gasteiger partial charge in [0.1, 0.15) is 0 Å². The SMILES string of the molecule is CC(Cc1c#cccc1)c1cccc(C#CC2=CC(=O)CCc3ccccc32)c1.[HH].[HH]. The zero-order chi connectivity index (χ0) is 20.1. The topological polar surface area (TPSA) is 17.1 Å². The summed E-state index contributed by atoms with van der Waals surface area (Å²) in [4.78, 5) is 12.1. The van der Waals surface area contributed by atoms with Gasteiger partial charge in [-0.25, -0.2) is 0 Å². The first kappa shape index (κ1) is 18.8. The molecule has 0 aromatic heterocycles. The van der Waals surface area contributed by atoms with Gasteiger partial charge in [-0.05, 0) is 65.8 Å². The number of hydrogen-bond donors (Lipinski definition) is 0. The van der Waals surface area contributed by atoms with Gasteiger partial charge in [-0.1, -0.05) is 73.4 Å². The van der Waals surface area contributed by atoms with Crippen LogP contribution in [0.15, 0.2) is 72.8 Å². The van der Waals surface area contributed by atoms with Gasteiger partial charge in [-0.2, -0.15) is 0 Å². The fraction of sp³-hybridized carbons (Fsp3) is 0.179. The van der Waals surface area contributed by atoms with Gasteiger partial charge in [0.05, 0.1) is 0 Å². The zero-order valence-electron chi connectivity index (χ0n) is 16.5. The number of hydrogen-bond acceptors (Lipinski definition) is 1. The van der Waals surface area contributed by atoms with E-state index in [1.54, 1.807) is 6.08 Å². The maximum absolute atomic E-state index is 12.1. The van der Waals surface area contributed by atoms with Crippen LogP contribution >= 0.6 is 0 Å². The molecule has 1 unspecified atom stereocenters. The summed E-state index contributed by atoms with van der Waals surface area (Å²) >= 11 is 0. The van der Waals surface area contributed by atoms with E-state index in [2.05, 4.69) is 67.3 Å². The summed E-state index contributed by atoms with van der Waals surface area (Å²) in [5.74, 6) is 7.04. The largest absolute Gasteiger partial charge is 0.295 e. The molecule has 0 saturated heterocycles. The minimum absolute atomic E-state index is 0. The third-order valence-corrected chi connectivity index (χ3v) is 5.29. The van der Waals surface area contributed by atoms with Crippen LogP contribution in [0.4, 0.5) is 0 Å². The van der Waals surface area contributed by atoms with Crippen molar-refractivity contribution < 1.29 is 7.65 Å². The second-order valence-electron chi connectivity index (χ2n) is 7.48. The second-order valence-corrected chi connectivity index (χ2v) is 7.48. The van der Waals surface area contributed by atoms with E-state index in [1.165, 1.54) is 11.1 Å². The molecule has 0 amide bonds. The number of aryl methyl sites for hydroxylation is 1. The molecule has 0 bridgehead atoms. The Hall–Kier alpha value is -3.55. The third-order valence-electron chi connectivity index (χ3n) is 5.29. The lowest BCUT2D eigenvalue weighted by Gasteiger charge is -2.11. The molecule has 29 heavy (non-hydrogen) atoms. The van der Waals surface area contributed by atoms with Gasteiger partial charge in [0.15, 0.2) is 5.78 Å². The highest BCUT2D eigenvalue weighted by atomic mass is 16.1. The van der Waals surface area contributed by atoms with Crippen molar-refractivity contribution in [3.63, 3.8) is 0 Å². The van der Waals surface area contributed by atoms with E-state index in [0.717, 1.165) is 35.1 Å². The Balaban J connectivity index is 0.00000171. The first-order valence-corrected chi connectivity index (χ1v) is 10.0. The lowest BCUT2D eigenvalue weighted by Crippen LogP contribution is -1.98. The highest BCUT2D eigenvalue weighted by Crippen LogP contribution is 2.24. The van der Waals surface area contributed by atoms with Crippen LogP contribution in [-0.2, 0) is 17.6 Å². The Kier molecular flexibility index (Phi) is 5.60. The van der Waals surface area contributed by atoms with Crippen LogP contribution in [0.3, 0.4) is 0 Å². The number of allylic oxidation sites excluding steroid dienone is 2. The average molecular weight is 379 g/mol. The molecule has 3 aromatic carbocycles. The molecule has 3 aromatic rings. The summed E-state index contributed by atoms with van der Waals surface area (Å²) in [5, 5.41) is 0. The first-order valence-electron chi connectivity index (χ1n) is 10.0. The molecular weight excluding hydrogens is 352 g/mol. The zero-order valence-corrected chi connectivity index (χ0v) is 16.5. The van der Waals surface area contributed by atoms with Crippen molar-refractivity contribution in [1.29, 1.82) is 0 Å².